The van der Waals surface area contributed by atoms with Crippen molar-refractivity contribution in [2.75, 3.05) is 13.1 Å². The van der Waals surface area contributed by atoms with Crippen LogP contribution in [0.4, 0.5) is 13.2 Å². The molecule has 0 radical (unpaired) electrons. The van der Waals surface area contributed by atoms with Gasteiger partial charge in [0.05, 0.1) is 35.7 Å². The number of alkyl halides is 3. The number of benzene rings is 1. The van der Waals surface area contributed by atoms with Crippen LogP contribution in [0.1, 0.15) is 71.8 Å². The van der Waals surface area contributed by atoms with E-state index >= 15 is 0 Å². The van der Waals surface area contributed by atoms with Crippen LogP contribution in [0.5, 0.6) is 0 Å². The Morgan fingerprint density at radius 3 is 2.49 bits per heavy atom. The third-order valence-corrected chi connectivity index (χ3v) is 8.66. The molecule has 2 aliphatic rings. The number of carbonyl (C=O) groups is 1. The zero-order chi connectivity index (χ0) is 28.6. The molecule has 0 unspecified atom stereocenters. The zero-order valence-corrected chi connectivity index (χ0v) is 23.0. The number of halogens is 3. The van der Waals surface area contributed by atoms with Crippen molar-refractivity contribution in [3.05, 3.63) is 77.5 Å². The average molecular weight is 566 g/mol. The second kappa shape index (κ2) is 11.3. The fraction of sp³-hybridized carbons (Fsp3) is 0.467. The summed E-state index contributed by atoms with van der Waals surface area (Å²) in [5.74, 6) is -1.15. The molecule has 11 heteroatoms. The number of hydrogen-bond donors (Lipinski definition) is 1. The monoisotopic (exact) mass is 565 g/mol. The molecule has 8 nitrogen and oxygen atoms in total. The molecular formula is C30H34F3N7O. The summed E-state index contributed by atoms with van der Waals surface area (Å²) >= 11 is 0. The van der Waals surface area contributed by atoms with Gasteiger partial charge in [0.2, 0.25) is 0 Å². The highest BCUT2D eigenvalue weighted by Crippen LogP contribution is 2.40. The van der Waals surface area contributed by atoms with E-state index in [4.69, 9.17) is 5.10 Å². The molecule has 41 heavy (non-hydrogen) atoms. The molecule has 4 heterocycles. The molecule has 4 aromatic rings. The Labute approximate surface area is 236 Å². The van der Waals surface area contributed by atoms with E-state index in [9.17, 15) is 18.0 Å². The topological polar surface area (TPSA) is 80.4 Å². The van der Waals surface area contributed by atoms with E-state index in [-0.39, 0.29) is 37.3 Å². The summed E-state index contributed by atoms with van der Waals surface area (Å²) in [5, 5.41) is 12.2. The van der Waals surface area contributed by atoms with Crippen molar-refractivity contribution in [3.8, 4) is 5.69 Å². The van der Waals surface area contributed by atoms with Gasteiger partial charge in [-0.15, -0.1) is 0 Å². The van der Waals surface area contributed by atoms with Gasteiger partial charge in [-0.2, -0.15) is 23.4 Å². The van der Waals surface area contributed by atoms with E-state index in [0.717, 1.165) is 48.6 Å². The summed E-state index contributed by atoms with van der Waals surface area (Å²) < 4.78 is 42.8. The van der Waals surface area contributed by atoms with Gasteiger partial charge in [-0.3, -0.25) is 4.79 Å². The van der Waals surface area contributed by atoms with Crippen LogP contribution in [0.15, 0.2) is 55.0 Å². The van der Waals surface area contributed by atoms with Gasteiger partial charge >= 0.3 is 6.18 Å². The van der Waals surface area contributed by atoms with Crippen molar-refractivity contribution in [2.45, 2.75) is 70.1 Å². The quantitative estimate of drug-likeness (QED) is 0.336. The summed E-state index contributed by atoms with van der Waals surface area (Å²) in [7, 11) is 0. The molecular weight excluding hydrogens is 531 g/mol. The molecule has 1 N–H and O–H groups in total. The molecule has 0 atom stereocenters. The van der Waals surface area contributed by atoms with Crippen molar-refractivity contribution >= 4 is 11.6 Å². The van der Waals surface area contributed by atoms with Crippen LogP contribution >= 0.6 is 0 Å². The maximum absolute atomic E-state index is 13.1. The highest BCUT2D eigenvalue weighted by atomic mass is 19.4. The van der Waals surface area contributed by atoms with Gasteiger partial charge in [-0.05, 0) is 82.8 Å². The molecule has 216 valence electrons. The third-order valence-electron chi connectivity index (χ3n) is 8.66. The van der Waals surface area contributed by atoms with Gasteiger partial charge in [0.15, 0.2) is 5.65 Å². The minimum Gasteiger partial charge on any atom is -0.346 e. The smallest absolute Gasteiger partial charge is 0.346 e. The van der Waals surface area contributed by atoms with Gasteiger partial charge in [0.1, 0.15) is 5.56 Å². The number of aryl methyl sites for hydroxylation is 1. The Morgan fingerprint density at radius 1 is 1.05 bits per heavy atom. The van der Waals surface area contributed by atoms with E-state index < -0.39 is 12.1 Å². The van der Waals surface area contributed by atoms with Crippen LogP contribution < -0.4 is 5.32 Å². The predicted molar refractivity (Wildman–Crippen MR) is 148 cm³/mol. The lowest BCUT2D eigenvalue weighted by molar-refractivity contribution is -0.184. The Morgan fingerprint density at radius 2 is 1.78 bits per heavy atom. The number of aromatic nitrogens is 5. The highest BCUT2D eigenvalue weighted by molar-refractivity contribution is 5.99. The normalized spacial score (nSPS) is 20.9. The molecule has 1 aliphatic carbocycles. The molecule has 3 aromatic heterocycles. The number of carbonyl (C=O) groups excluding carboxylic acids is 1. The van der Waals surface area contributed by atoms with E-state index in [1.807, 2.05) is 35.9 Å². The van der Waals surface area contributed by atoms with Crippen molar-refractivity contribution in [1.29, 1.82) is 0 Å². The number of piperidine rings is 1. The maximum atomic E-state index is 13.1. The number of amides is 1. The van der Waals surface area contributed by atoms with Gasteiger partial charge in [0, 0.05) is 24.4 Å². The lowest BCUT2D eigenvalue weighted by atomic mass is 9.83. The van der Waals surface area contributed by atoms with Gasteiger partial charge in [-0.1, -0.05) is 17.7 Å². The first-order valence-corrected chi connectivity index (χ1v) is 14.3. The Hall–Kier alpha value is -3.73. The van der Waals surface area contributed by atoms with Crippen LogP contribution in [0.3, 0.4) is 0 Å². The standard InChI is InChI=1S/C30H34F3N7O/c1-20-3-7-24(8-4-20)40-25(18-35-29(41)26-19-36-39-14-2-13-34-28(26)39)17-27(37-40)21-11-15-38(16-12-21)23-9-5-22(6-10-23)30(31,32)33/h2-4,7-8,13-14,17,19,21-23H,5-6,9-12,15-16,18H2,1H3,(H,35,41). The van der Waals surface area contributed by atoms with Crippen LogP contribution in [0.25, 0.3) is 11.3 Å². The number of nitrogens with one attached hydrogen (secondary N) is 1. The van der Waals surface area contributed by atoms with Crippen molar-refractivity contribution in [3.63, 3.8) is 0 Å². The van der Waals surface area contributed by atoms with Crippen LogP contribution in [-0.4, -0.2) is 60.5 Å². The maximum Gasteiger partial charge on any atom is 0.391 e. The summed E-state index contributed by atoms with van der Waals surface area (Å²) in [4.78, 5) is 19.7. The minimum absolute atomic E-state index is 0.232. The summed E-state index contributed by atoms with van der Waals surface area (Å²) in [5.41, 5.74) is 4.82. The number of nitrogens with zero attached hydrogens (tertiary/aromatic N) is 6. The van der Waals surface area contributed by atoms with Gasteiger partial charge in [0.25, 0.3) is 5.91 Å². The fourth-order valence-corrected chi connectivity index (χ4v) is 6.26. The average Bonchev–Trinajstić information content (AvgIpc) is 3.61. The lowest BCUT2D eigenvalue weighted by Gasteiger charge is -2.40. The first-order valence-electron chi connectivity index (χ1n) is 14.3. The van der Waals surface area contributed by atoms with E-state index in [1.54, 1.807) is 23.0 Å². The number of likely N-dealkylation sites (tertiary alicyclic amines) is 1. The molecule has 1 aliphatic heterocycles. The predicted octanol–water partition coefficient (Wildman–Crippen LogP) is 5.45. The summed E-state index contributed by atoms with van der Waals surface area (Å²) in [6.07, 6.45) is 4.33. The highest BCUT2D eigenvalue weighted by Gasteiger charge is 2.42. The third kappa shape index (κ3) is 5.86. The van der Waals surface area contributed by atoms with Gasteiger partial charge in [-0.25, -0.2) is 14.2 Å². The molecule has 1 saturated heterocycles. The first-order chi connectivity index (χ1) is 19.8. The molecule has 0 spiro atoms. The molecule has 0 bridgehead atoms. The van der Waals surface area contributed by atoms with Crippen molar-refractivity contribution < 1.29 is 18.0 Å². The Kier molecular flexibility index (Phi) is 7.54. The van der Waals surface area contributed by atoms with E-state index in [1.165, 1.54) is 6.20 Å². The number of fused-ring (bicyclic) bond motifs is 1. The lowest BCUT2D eigenvalue weighted by Crippen LogP contribution is -2.44. The fourth-order valence-electron chi connectivity index (χ4n) is 6.26. The first kappa shape index (κ1) is 27.4. The van der Waals surface area contributed by atoms with E-state index in [2.05, 4.69) is 26.4 Å². The molecule has 2 fully saturated rings. The Balaban J connectivity index is 1.15. The summed E-state index contributed by atoms with van der Waals surface area (Å²) in [6, 6.07) is 12.2. The largest absolute Gasteiger partial charge is 0.391 e. The summed E-state index contributed by atoms with van der Waals surface area (Å²) in [6.45, 7) is 4.03. The molecule has 6 rings (SSSR count). The minimum atomic E-state index is -4.07. The molecule has 1 aromatic carbocycles. The number of rotatable bonds is 6. The Bertz CT molecular complexity index is 1490. The van der Waals surface area contributed by atoms with Crippen LogP contribution in [0, 0.1) is 12.8 Å². The van der Waals surface area contributed by atoms with Crippen LogP contribution in [0.2, 0.25) is 0 Å². The molecule has 1 amide bonds. The second-order valence-corrected chi connectivity index (χ2v) is 11.3. The number of hydrogen-bond acceptors (Lipinski definition) is 5. The SMILES string of the molecule is Cc1ccc(-n2nc(C3CCN(C4CCC(C(F)(F)F)CC4)CC3)cc2CNC(=O)c2cnn3cccnc23)cc1. The van der Waals surface area contributed by atoms with E-state index in [0.29, 0.717) is 24.1 Å². The second-order valence-electron chi connectivity index (χ2n) is 11.3. The zero-order valence-electron chi connectivity index (χ0n) is 23.0. The molecule has 1 saturated carbocycles. The van der Waals surface area contributed by atoms with Crippen molar-refractivity contribution in [2.24, 2.45) is 5.92 Å². The van der Waals surface area contributed by atoms with Crippen LogP contribution in [-0.2, 0) is 6.54 Å². The van der Waals surface area contributed by atoms with Crippen molar-refractivity contribution in [1.82, 2.24) is 34.6 Å². The van der Waals surface area contributed by atoms with Gasteiger partial charge < -0.3 is 10.2 Å².